The van der Waals surface area contributed by atoms with Gasteiger partial charge in [0.15, 0.2) is 0 Å². The van der Waals surface area contributed by atoms with E-state index in [2.05, 4.69) is 4.98 Å². The summed E-state index contributed by atoms with van der Waals surface area (Å²) in [5.41, 5.74) is 8.50. The molecule has 1 aliphatic heterocycles. The van der Waals surface area contributed by atoms with Gasteiger partial charge in [-0.2, -0.15) is 0 Å². The number of aromatic nitrogens is 1. The van der Waals surface area contributed by atoms with E-state index in [1.54, 1.807) is 11.8 Å². The minimum absolute atomic E-state index is 0. The first-order chi connectivity index (χ1) is 11.7. The summed E-state index contributed by atoms with van der Waals surface area (Å²) in [6.45, 7) is 1.55. The third-order valence-electron chi connectivity index (χ3n) is 4.41. The lowest BCUT2D eigenvalue weighted by Gasteiger charge is -2.16. The van der Waals surface area contributed by atoms with Gasteiger partial charge in [-0.15, -0.1) is 24.2 Å². The standard InChI is InChI=1S/C19H19N3OS.ClH/c20-15-6-2-4-8-18(15)24-14-9-10-22(12-14)19(23)17-11-13-5-1-3-7-16(13)21-17;/h1-8,11,14,21H,9-10,12,20H2;1H. The zero-order valence-electron chi connectivity index (χ0n) is 13.6. The fourth-order valence-corrected chi connectivity index (χ4v) is 4.33. The average molecular weight is 374 g/mol. The number of thioether (sulfide) groups is 1. The lowest BCUT2D eigenvalue weighted by Crippen LogP contribution is -2.29. The third kappa shape index (κ3) is 3.62. The van der Waals surface area contributed by atoms with Crippen molar-refractivity contribution in [3.05, 3.63) is 60.3 Å². The summed E-state index contributed by atoms with van der Waals surface area (Å²) >= 11 is 1.77. The Morgan fingerprint density at radius 2 is 1.92 bits per heavy atom. The molecule has 0 radical (unpaired) electrons. The molecule has 3 N–H and O–H groups in total. The maximum atomic E-state index is 12.7. The molecule has 0 spiro atoms. The second-order valence-electron chi connectivity index (χ2n) is 6.09. The highest BCUT2D eigenvalue weighted by Crippen LogP contribution is 2.33. The highest BCUT2D eigenvalue weighted by atomic mass is 35.5. The smallest absolute Gasteiger partial charge is 0.270 e. The Labute approximate surface area is 157 Å². The summed E-state index contributed by atoms with van der Waals surface area (Å²) in [7, 11) is 0. The minimum Gasteiger partial charge on any atom is -0.398 e. The molecular weight excluding hydrogens is 354 g/mol. The summed E-state index contributed by atoms with van der Waals surface area (Å²) < 4.78 is 0. The number of anilines is 1. The van der Waals surface area contributed by atoms with Crippen LogP contribution in [0.3, 0.4) is 0 Å². The molecule has 1 aromatic heterocycles. The molecule has 4 rings (SSSR count). The van der Waals surface area contributed by atoms with Crippen LogP contribution in [0.5, 0.6) is 0 Å². The Hall–Kier alpha value is -2.11. The van der Waals surface area contributed by atoms with Crippen molar-refractivity contribution in [2.75, 3.05) is 18.8 Å². The quantitative estimate of drug-likeness (QED) is 0.677. The molecule has 2 aromatic carbocycles. The number of amides is 1. The molecule has 4 nitrogen and oxygen atoms in total. The summed E-state index contributed by atoms with van der Waals surface area (Å²) in [6, 6.07) is 17.8. The van der Waals surface area contributed by atoms with Crippen LogP contribution in [0.1, 0.15) is 16.9 Å². The number of H-pyrrole nitrogens is 1. The summed E-state index contributed by atoms with van der Waals surface area (Å²) in [4.78, 5) is 19.0. The van der Waals surface area contributed by atoms with Gasteiger partial charge in [0.05, 0.1) is 0 Å². The van der Waals surface area contributed by atoms with Crippen molar-refractivity contribution in [3.8, 4) is 0 Å². The Morgan fingerprint density at radius 3 is 2.72 bits per heavy atom. The van der Waals surface area contributed by atoms with Crippen LogP contribution in [0.2, 0.25) is 0 Å². The minimum atomic E-state index is 0. The number of fused-ring (bicyclic) bond motifs is 1. The van der Waals surface area contributed by atoms with Gasteiger partial charge < -0.3 is 15.6 Å². The van der Waals surface area contributed by atoms with Crippen LogP contribution in [0.25, 0.3) is 10.9 Å². The molecule has 25 heavy (non-hydrogen) atoms. The first-order valence-electron chi connectivity index (χ1n) is 8.09. The van der Waals surface area contributed by atoms with Crippen molar-refractivity contribution in [1.82, 2.24) is 9.88 Å². The normalized spacial score (nSPS) is 16.8. The fourth-order valence-electron chi connectivity index (χ4n) is 3.14. The van der Waals surface area contributed by atoms with Gasteiger partial charge in [-0.05, 0) is 30.7 Å². The highest BCUT2D eigenvalue weighted by Gasteiger charge is 2.28. The monoisotopic (exact) mass is 373 g/mol. The second-order valence-corrected chi connectivity index (χ2v) is 7.43. The number of para-hydroxylation sites is 2. The molecular formula is C19H20ClN3OS. The zero-order chi connectivity index (χ0) is 16.5. The molecule has 1 saturated heterocycles. The van der Waals surface area contributed by atoms with Crippen LogP contribution in [0.4, 0.5) is 5.69 Å². The molecule has 130 valence electrons. The van der Waals surface area contributed by atoms with Gasteiger partial charge >= 0.3 is 0 Å². The van der Waals surface area contributed by atoms with E-state index < -0.39 is 0 Å². The lowest BCUT2D eigenvalue weighted by atomic mass is 10.2. The van der Waals surface area contributed by atoms with Gasteiger partial charge in [0.2, 0.25) is 0 Å². The third-order valence-corrected chi connectivity index (χ3v) is 5.75. The number of likely N-dealkylation sites (tertiary alicyclic amines) is 1. The van der Waals surface area contributed by atoms with Crippen LogP contribution in [-0.4, -0.2) is 34.1 Å². The van der Waals surface area contributed by atoms with Crippen molar-refractivity contribution < 1.29 is 4.79 Å². The first-order valence-corrected chi connectivity index (χ1v) is 8.97. The number of carbonyl (C=O) groups is 1. The number of nitrogens with two attached hydrogens (primary N) is 1. The Bertz CT molecular complexity index is 862. The second kappa shape index (κ2) is 7.42. The molecule has 1 fully saturated rings. The molecule has 1 atom stereocenters. The fraction of sp³-hybridized carbons (Fsp3) is 0.211. The van der Waals surface area contributed by atoms with Crippen LogP contribution in [0, 0.1) is 0 Å². The van der Waals surface area contributed by atoms with Crippen LogP contribution >= 0.6 is 24.2 Å². The molecule has 2 heterocycles. The molecule has 0 aliphatic carbocycles. The van der Waals surface area contributed by atoms with Crippen molar-refractivity contribution in [1.29, 1.82) is 0 Å². The van der Waals surface area contributed by atoms with Gasteiger partial charge in [0.1, 0.15) is 5.69 Å². The average Bonchev–Trinajstić information content (AvgIpc) is 3.23. The van der Waals surface area contributed by atoms with Crippen molar-refractivity contribution >= 4 is 46.7 Å². The molecule has 1 amide bonds. The van der Waals surface area contributed by atoms with Crippen molar-refractivity contribution in [2.45, 2.75) is 16.6 Å². The first kappa shape index (κ1) is 17.7. The van der Waals surface area contributed by atoms with Crippen LogP contribution in [-0.2, 0) is 0 Å². The molecule has 1 unspecified atom stereocenters. The molecule has 0 saturated carbocycles. The molecule has 3 aromatic rings. The number of hydrogen-bond donors (Lipinski definition) is 2. The predicted molar refractivity (Wildman–Crippen MR) is 107 cm³/mol. The number of aromatic amines is 1. The van der Waals surface area contributed by atoms with E-state index in [0.29, 0.717) is 10.9 Å². The molecule has 6 heteroatoms. The van der Waals surface area contributed by atoms with E-state index in [1.165, 1.54) is 0 Å². The largest absolute Gasteiger partial charge is 0.398 e. The zero-order valence-corrected chi connectivity index (χ0v) is 15.3. The summed E-state index contributed by atoms with van der Waals surface area (Å²) in [5, 5.41) is 1.46. The van der Waals surface area contributed by atoms with E-state index >= 15 is 0 Å². The molecule has 1 aliphatic rings. The van der Waals surface area contributed by atoms with E-state index in [-0.39, 0.29) is 18.3 Å². The number of carbonyl (C=O) groups excluding carboxylic acids is 1. The van der Waals surface area contributed by atoms with Gasteiger partial charge in [-0.25, -0.2) is 0 Å². The van der Waals surface area contributed by atoms with E-state index in [0.717, 1.165) is 41.0 Å². The lowest BCUT2D eigenvalue weighted by molar-refractivity contribution is 0.0788. The number of nitrogens with zero attached hydrogens (tertiary/aromatic N) is 1. The maximum absolute atomic E-state index is 12.7. The number of rotatable bonds is 3. The molecule has 0 bridgehead atoms. The van der Waals surface area contributed by atoms with E-state index in [4.69, 9.17) is 5.73 Å². The Balaban J connectivity index is 0.00000182. The highest BCUT2D eigenvalue weighted by molar-refractivity contribution is 8.00. The SMILES string of the molecule is Cl.Nc1ccccc1SC1CCN(C(=O)c2cc3ccccc3[nH]2)C1. The Kier molecular flexibility index (Phi) is 5.25. The van der Waals surface area contributed by atoms with Gasteiger partial charge in [0, 0.05) is 39.8 Å². The summed E-state index contributed by atoms with van der Waals surface area (Å²) in [6.07, 6.45) is 0.991. The van der Waals surface area contributed by atoms with Gasteiger partial charge in [-0.3, -0.25) is 4.79 Å². The van der Waals surface area contributed by atoms with E-state index in [9.17, 15) is 4.79 Å². The summed E-state index contributed by atoms with van der Waals surface area (Å²) in [5.74, 6) is 0.0790. The maximum Gasteiger partial charge on any atom is 0.270 e. The number of nitrogens with one attached hydrogen (secondary N) is 1. The van der Waals surface area contributed by atoms with E-state index in [1.807, 2.05) is 59.5 Å². The number of benzene rings is 2. The van der Waals surface area contributed by atoms with Crippen LogP contribution < -0.4 is 5.73 Å². The van der Waals surface area contributed by atoms with Crippen LogP contribution in [0.15, 0.2) is 59.5 Å². The van der Waals surface area contributed by atoms with Crippen molar-refractivity contribution in [2.24, 2.45) is 0 Å². The number of nitrogen functional groups attached to an aromatic ring is 1. The van der Waals surface area contributed by atoms with Gasteiger partial charge in [0.25, 0.3) is 5.91 Å². The van der Waals surface area contributed by atoms with Gasteiger partial charge in [-0.1, -0.05) is 30.3 Å². The number of halogens is 1. The Morgan fingerprint density at radius 1 is 1.16 bits per heavy atom. The van der Waals surface area contributed by atoms with Crippen molar-refractivity contribution in [3.63, 3.8) is 0 Å². The topological polar surface area (TPSA) is 62.1 Å². The predicted octanol–water partition coefficient (Wildman–Crippen LogP) is 4.18. The number of hydrogen-bond acceptors (Lipinski definition) is 3.